The van der Waals surface area contributed by atoms with Crippen molar-refractivity contribution in [2.75, 3.05) is 37.6 Å². The Balaban J connectivity index is 1.23. The zero-order chi connectivity index (χ0) is 17.8. The molecule has 1 atom stereocenters. The van der Waals surface area contributed by atoms with Crippen LogP contribution >= 0.6 is 11.3 Å². The molecule has 1 unspecified atom stereocenters. The van der Waals surface area contributed by atoms with Gasteiger partial charge in [0.2, 0.25) is 5.91 Å². The molecule has 5 nitrogen and oxygen atoms in total. The maximum Gasteiger partial charge on any atom is 0.221 e. The molecule has 138 valence electrons. The number of rotatable bonds is 5. The van der Waals surface area contributed by atoms with Crippen LogP contribution in [0.25, 0.3) is 0 Å². The number of nitrogens with zero attached hydrogens (tertiary/aromatic N) is 3. The average Bonchev–Trinajstić information content (AvgIpc) is 3.22. The lowest BCUT2D eigenvalue weighted by Gasteiger charge is -2.34. The minimum absolute atomic E-state index is 0.175. The van der Waals surface area contributed by atoms with Gasteiger partial charge in [-0.15, -0.1) is 11.3 Å². The summed E-state index contributed by atoms with van der Waals surface area (Å²) in [7, 11) is 0. The number of hydrogen-bond acceptors (Lipinski definition) is 5. The molecule has 1 aromatic carbocycles. The molecule has 6 heteroatoms. The van der Waals surface area contributed by atoms with Crippen molar-refractivity contribution < 1.29 is 4.79 Å². The molecule has 2 aromatic rings. The van der Waals surface area contributed by atoms with Crippen LogP contribution in [0.4, 0.5) is 5.13 Å². The Kier molecular flexibility index (Phi) is 5.51. The first-order valence-corrected chi connectivity index (χ1v) is 10.4. The number of hydrogen-bond donors (Lipinski definition) is 1. The van der Waals surface area contributed by atoms with E-state index in [1.165, 1.54) is 11.1 Å². The van der Waals surface area contributed by atoms with Crippen molar-refractivity contribution in [1.29, 1.82) is 0 Å². The molecular formula is C20H26N4OS. The van der Waals surface area contributed by atoms with Gasteiger partial charge in [-0.1, -0.05) is 24.3 Å². The van der Waals surface area contributed by atoms with Gasteiger partial charge in [-0.2, -0.15) is 0 Å². The second kappa shape index (κ2) is 8.18. The average molecular weight is 371 g/mol. The third-order valence-corrected chi connectivity index (χ3v) is 6.25. The first-order valence-electron chi connectivity index (χ1n) is 9.53. The quantitative estimate of drug-likeness (QED) is 0.879. The first-order chi connectivity index (χ1) is 12.8. The number of carbonyl (C=O) groups excluding carboxylic acids is 1. The van der Waals surface area contributed by atoms with E-state index in [4.69, 9.17) is 0 Å². The van der Waals surface area contributed by atoms with E-state index < -0.39 is 0 Å². The molecule has 1 N–H and O–H groups in total. The highest BCUT2D eigenvalue weighted by molar-refractivity contribution is 7.13. The molecule has 1 aliphatic heterocycles. The Morgan fingerprint density at radius 3 is 2.88 bits per heavy atom. The second-order valence-electron chi connectivity index (χ2n) is 7.10. The van der Waals surface area contributed by atoms with E-state index in [1.54, 1.807) is 11.3 Å². The summed E-state index contributed by atoms with van der Waals surface area (Å²) in [6.45, 7) is 4.82. The van der Waals surface area contributed by atoms with E-state index in [2.05, 4.69) is 44.4 Å². The maximum absolute atomic E-state index is 12.5. The first kappa shape index (κ1) is 17.5. The molecule has 2 heterocycles. The molecule has 0 radical (unpaired) electrons. The molecule has 0 spiro atoms. The summed E-state index contributed by atoms with van der Waals surface area (Å²) < 4.78 is 0. The Morgan fingerprint density at radius 1 is 1.23 bits per heavy atom. The van der Waals surface area contributed by atoms with Crippen molar-refractivity contribution in [2.45, 2.75) is 31.7 Å². The molecular weight excluding hydrogens is 344 g/mol. The van der Waals surface area contributed by atoms with Crippen molar-refractivity contribution in [2.24, 2.45) is 0 Å². The topological polar surface area (TPSA) is 48.5 Å². The van der Waals surface area contributed by atoms with E-state index in [0.29, 0.717) is 6.42 Å². The van der Waals surface area contributed by atoms with Gasteiger partial charge >= 0.3 is 0 Å². The highest BCUT2D eigenvalue weighted by Gasteiger charge is 2.22. The molecule has 1 amide bonds. The fraction of sp³-hybridized carbons (Fsp3) is 0.500. The third kappa shape index (κ3) is 4.07. The standard InChI is InChI=1S/C20H26N4OS/c25-19(22-18-7-3-5-16-4-1-2-6-17(16)18)8-10-23-11-13-24(14-12-23)20-21-9-15-26-20/h1-2,4,6,9,15,18H,3,5,7-8,10-14H2,(H,22,25). The second-order valence-corrected chi connectivity index (χ2v) is 7.98. The number of thiazole rings is 1. The van der Waals surface area contributed by atoms with Crippen molar-refractivity contribution >= 4 is 22.4 Å². The lowest BCUT2D eigenvalue weighted by molar-refractivity contribution is -0.122. The summed E-state index contributed by atoms with van der Waals surface area (Å²) in [5.41, 5.74) is 2.70. The molecule has 2 aliphatic rings. The number of carbonyl (C=O) groups is 1. The highest BCUT2D eigenvalue weighted by Crippen LogP contribution is 2.29. The zero-order valence-electron chi connectivity index (χ0n) is 15.1. The lowest BCUT2D eigenvalue weighted by Crippen LogP contribution is -2.47. The molecule has 0 bridgehead atoms. The van der Waals surface area contributed by atoms with E-state index in [1.807, 2.05) is 11.6 Å². The zero-order valence-corrected chi connectivity index (χ0v) is 15.9. The minimum atomic E-state index is 0.175. The van der Waals surface area contributed by atoms with Crippen LogP contribution in [0, 0.1) is 0 Å². The Labute approximate surface area is 159 Å². The smallest absolute Gasteiger partial charge is 0.221 e. The largest absolute Gasteiger partial charge is 0.349 e. The fourth-order valence-electron chi connectivity index (χ4n) is 3.96. The van der Waals surface area contributed by atoms with Crippen LogP contribution in [0.5, 0.6) is 0 Å². The van der Waals surface area contributed by atoms with Crippen LogP contribution in [0.1, 0.15) is 36.4 Å². The molecule has 0 saturated carbocycles. The van der Waals surface area contributed by atoms with Gasteiger partial charge in [0.25, 0.3) is 0 Å². The number of fused-ring (bicyclic) bond motifs is 1. The summed E-state index contributed by atoms with van der Waals surface area (Å²) >= 11 is 1.69. The summed E-state index contributed by atoms with van der Waals surface area (Å²) in [5, 5.41) is 6.39. The lowest BCUT2D eigenvalue weighted by atomic mass is 9.87. The number of benzene rings is 1. The van der Waals surface area contributed by atoms with Gasteiger partial charge in [0.15, 0.2) is 5.13 Å². The van der Waals surface area contributed by atoms with Crippen molar-refractivity contribution in [1.82, 2.24) is 15.2 Å². The van der Waals surface area contributed by atoms with Gasteiger partial charge in [-0.25, -0.2) is 4.98 Å². The van der Waals surface area contributed by atoms with Crippen molar-refractivity contribution in [3.63, 3.8) is 0 Å². The monoisotopic (exact) mass is 370 g/mol. The highest BCUT2D eigenvalue weighted by atomic mass is 32.1. The van der Waals surface area contributed by atoms with Gasteiger partial charge < -0.3 is 10.2 Å². The number of amides is 1. The Hall–Kier alpha value is -1.92. The van der Waals surface area contributed by atoms with Crippen molar-refractivity contribution in [3.05, 3.63) is 47.0 Å². The number of aryl methyl sites for hydroxylation is 1. The van der Waals surface area contributed by atoms with Crippen LogP contribution in [0.15, 0.2) is 35.8 Å². The predicted molar refractivity (Wildman–Crippen MR) is 106 cm³/mol. The van der Waals surface area contributed by atoms with Crippen LogP contribution in [-0.4, -0.2) is 48.5 Å². The third-order valence-electron chi connectivity index (χ3n) is 5.42. The van der Waals surface area contributed by atoms with Gasteiger partial charge in [0.05, 0.1) is 6.04 Å². The summed E-state index contributed by atoms with van der Waals surface area (Å²) in [6.07, 6.45) is 5.78. The van der Waals surface area contributed by atoms with Crippen molar-refractivity contribution in [3.8, 4) is 0 Å². The molecule has 1 aliphatic carbocycles. The Morgan fingerprint density at radius 2 is 2.08 bits per heavy atom. The van der Waals surface area contributed by atoms with Gasteiger partial charge in [0, 0.05) is 50.7 Å². The number of aromatic nitrogens is 1. The van der Waals surface area contributed by atoms with E-state index in [9.17, 15) is 4.79 Å². The van der Waals surface area contributed by atoms with Gasteiger partial charge in [-0.05, 0) is 30.4 Å². The molecule has 4 rings (SSSR count). The fourth-order valence-corrected chi connectivity index (χ4v) is 4.66. The molecule has 1 fully saturated rings. The van der Waals surface area contributed by atoms with Gasteiger partial charge in [-0.3, -0.25) is 9.69 Å². The number of nitrogens with one attached hydrogen (secondary N) is 1. The van der Waals surface area contributed by atoms with E-state index in [-0.39, 0.29) is 11.9 Å². The minimum Gasteiger partial charge on any atom is -0.349 e. The summed E-state index contributed by atoms with van der Waals surface area (Å²) in [6, 6.07) is 8.71. The van der Waals surface area contributed by atoms with Crippen LogP contribution in [-0.2, 0) is 11.2 Å². The number of piperazine rings is 1. The number of anilines is 1. The van der Waals surface area contributed by atoms with E-state index in [0.717, 1.165) is 57.1 Å². The van der Waals surface area contributed by atoms with Crippen LogP contribution < -0.4 is 10.2 Å². The Bertz CT molecular complexity index is 725. The van der Waals surface area contributed by atoms with Crippen LogP contribution in [0.2, 0.25) is 0 Å². The summed E-state index contributed by atoms with van der Waals surface area (Å²) in [4.78, 5) is 21.6. The van der Waals surface area contributed by atoms with Gasteiger partial charge in [0.1, 0.15) is 0 Å². The SMILES string of the molecule is O=C(CCN1CCN(c2nccs2)CC1)NC1CCCc2ccccc21. The van der Waals surface area contributed by atoms with E-state index >= 15 is 0 Å². The molecule has 1 aromatic heterocycles. The maximum atomic E-state index is 12.5. The molecule has 1 saturated heterocycles. The summed E-state index contributed by atoms with van der Waals surface area (Å²) in [5.74, 6) is 0.175. The normalized spacial score (nSPS) is 20.6. The molecule has 26 heavy (non-hydrogen) atoms. The van der Waals surface area contributed by atoms with Crippen LogP contribution in [0.3, 0.4) is 0 Å². The predicted octanol–water partition coefficient (Wildman–Crippen LogP) is 2.85.